The second kappa shape index (κ2) is 7.62. The van der Waals surface area contributed by atoms with Crippen LogP contribution in [-0.4, -0.2) is 18.3 Å². The summed E-state index contributed by atoms with van der Waals surface area (Å²) < 4.78 is 5.40. The minimum Gasteiger partial charge on any atom is -0.496 e. The summed E-state index contributed by atoms with van der Waals surface area (Å²) in [5.74, 6) is 0.681. The van der Waals surface area contributed by atoms with Gasteiger partial charge in [0.05, 0.1) is 7.11 Å². The Morgan fingerprint density at radius 1 is 0.960 bits per heavy atom. The average molecular weight is 351 g/mol. The van der Waals surface area contributed by atoms with Crippen LogP contribution < -0.4 is 10.1 Å². The number of amides is 1. The maximum atomic E-state index is 12.6. The van der Waals surface area contributed by atoms with E-state index < -0.39 is 0 Å². The fraction of sp³-hybridized carbons (Fsp3) is 0.190. The first-order valence-corrected chi connectivity index (χ1v) is 9.10. The molecule has 0 radical (unpaired) electrons. The Morgan fingerprint density at radius 2 is 1.64 bits per heavy atom. The van der Waals surface area contributed by atoms with Crippen LogP contribution in [0.4, 0.5) is 5.69 Å². The van der Waals surface area contributed by atoms with Crippen molar-refractivity contribution in [2.45, 2.75) is 24.0 Å². The quantitative estimate of drug-likeness (QED) is 0.608. The van der Waals surface area contributed by atoms with E-state index >= 15 is 0 Å². The van der Waals surface area contributed by atoms with E-state index in [-0.39, 0.29) is 5.91 Å². The molecular formula is C21H21NO2S. The zero-order valence-corrected chi connectivity index (χ0v) is 15.4. The van der Waals surface area contributed by atoms with Gasteiger partial charge in [0, 0.05) is 32.2 Å². The molecule has 3 nitrogen and oxygen atoms in total. The van der Waals surface area contributed by atoms with E-state index in [1.54, 1.807) is 18.9 Å². The van der Waals surface area contributed by atoms with Crippen molar-refractivity contribution in [1.82, 2.24) is 0 Å². The fourth-order valence-corrected chi connectivity index (χ4v) is 3.55. The normalized spacial score (nSPS) is 10.9. The molecule has 0 heterocycles. The molecule has 0 spiro atoms. The minimum atomic E-state index is -0.114. The molecule has 0 aliphatic rings. The minimum absolute atomic E-state index is 0.114. The highest BCUT2D eigenvalue weighted by molar-refractivity contribution is 7.99. The van der Waals surface area contributed by atoms with E-state index in [4.69, 9.17) is 4.74 Å². The number of ether oxygens (including phenoxy) is 1. The van der Waals surface area contributed by atoms with Gasteiger partial charge in [0.25, 0.3) is 5.91 Å². The topological polar surface area (TPSA) is 38.3 Å². The van der Waals surface area contributed by atoms with E-state index in [1.807, 2.05) is 60.7 Å². The summed E-state index contributed by atoms with van der Waals surface area (Å²) >= 11 is 1.78. The second-order valence-electron chi connectivity index (χ2n) is 6.01. The first-order chi connectivity index (χ1) is 12.1. The monoisotopic (exact) mass is 351 g/mol. The lowest BCUT2D eigenvalue weighted by atomic mass is 10.1. The van der Waals surface area contributed by atoms with E-state index in [2.05, 4.69) is 19.2 Å². The van der Waals surface area contributed by atoms with Crippen molar-refractivity contribution in [2.24, 2.45) is 0 Å². The predicted octanol–water partition coefficient (Wildman–Crippen LogP) is 5.60. The average Bonchev–Trinajstić information content (AvgIpc) is 2.62. The standard InChI is InChI=1S/C21H21NO2S/c1-14(2)25-16-10-8-15(9-11-16)21(23)22-19-12-13-20(24-3)18-7-5-4-6-17(18)19/h4-14H,1-3H3,(H,22,23). The van der Waals surface area contributed by atoms with Crippen molar-refractivity contribution in [3.63, 3.8) is 0 Å². The summed E-state index contributed by atoms with van der Waals surface area (Å²) in [6, 6.07) is 19.4. The maximum Gasteiger partial charge on any atom is 0.255 e. The number of anilines is 1. The van der Waals surface area contributed by atoms with Crippen LogP contribution in [0, 0.1) is 0 Å². The van der Waals surface area contributed by atoms with Crippen molar-refractivity contribution in [2.75, 3.05) is 12.4 Å². The number of methoxy groups -OCH3 is 1. The number of carbonyl (C=O) groups is 1. The van der Waals surface area contributed by atoms with Gasteiger partial charge in [-0.25, -0.2) is 0 Å². The van der Waals surface area contributed by atoms with Crippen LogP contribution >= 0.6 is 11.8 Å². The molecule has 3 aromatic rings. The van der Waals surface area contributed by atoms with Crippen molar-refractivity contribution in [3.05, 3.63) is 66.2 Å². The van der Waals surface area contributed by atoms with Crippen LogP contribution in [0.3, 0.4) is 0 Å². The van der Waals surface area contributed by atoms with Gasteiger partial charge in [0.15, 0.2) is 0 Å². The first kappa shape index (κ1) is 17.4. The lowest BCUT2D eigenvalue weighted by Crippen LogP contribution is -2.12. The summed E-state index contributed by atoms with van der Waals surface area (Å²) in [6.07, 6.45) is 0. The third-order valence-electron chi connectivity index (χ3n) is 3.84. The van der Waals surface area contributed by atoms with Crippen LogP contribution in [-0.2, 0) is 0 Å². The Bertz CT molecular complexity index is 888. The lowest BCUT2D eigenvalue weighted by molar-refractivity contribution is 0.102. The number of benzene rings is 3. The molecule has 0 bridgehead atoms. The van der Waals surface area contributed by atoms with Gasteiger partial charge in [0.2, 0.25) is 0 Å². The van der Waals surface area contributed by atoms with E-state index in [0.29, 0.717) is 10.8 Å². The van der Waals surface area contributed by atoms with Gasteiger partial charge < -0.3 is 10.1 Å². The smallest absolute Gasteiger partial charge is 0.255 e. The van der Waals surface area contributed by atoms with Crippen molar-refractivity contribution < 1.29 is 9.53 Å². The SMILES string of the molecule is COc1ccc(NC(=O)c2ccc(SC(C)C)cc2)c2ccccc12. The first-order valence-electron chi connectivity index (χ1n) is 8.22. The van der Waals surface area contributed by atoms with Gasteiger partial charge in [-0.3, -0.25) is 4.79 Å². The third kappa shape index (κ3) is 3.97. The maximum absolute atomic E-state index is 12.6. The van der Waals surface area contributed by atoms with Crippen molar-refractivity contribution >= 4 is 34.1 Å². The number of fused-ring (bicyclic) bond motifs is 1. The Kier molecular flexibility index (Phi) is 5.29. The highest BCUT2D eigenvalue weighted by Gasteiger charge is 2.11. The number of hydrogen-bond acceptors (Lipinski definition) is 3. The number of hydrogen-bond donors (Lipinski definition) is 1. The van der Waals surface area contributed by atoms with Crippen molar-refractivity contribution in [1.29, 1.82) is 0 Å². The van der Waals surface area contributed by atoms with Gasteiger partial charge in [-0.2, -0.15) is 0 Å². The molecule has 0 fully saturated rings. The van der Waals surface area contributed by atoms with Gasteiger partial charge >= 0.3 is 0 Å². The molecule has 4 heteroatoms. The van der Waals surface area contributed by atoms with Crippen LogP contribution in [0.5, 0.6) is 5.75 Å². The van der Waals surface area contributed by atoms with Gasteiger partial charge in [0.1, 0.15) is 5.75 Å². The Balaban J connectivity index is 1.85. The molecule has 1 amide bonds. The Labute approximate surface area is 152 Å². The second-order valence-corrected chi connectivity index (χ2v) is 7.66. The zero-order valence-electron chi connectivity index (χ0n) is 14.6. The molecule has 0 saturated heterocycles. The Hall–Kier alpha value is -2.46. The predicted molar refractivity (Wildman–Crippen MR) is 106 cm³/mol. The van der Waals surface area contributed by atoms with Crippen molar-refractivity contribution in [3.8, 4) is 5.75 Å². The van der Waals surface area contributed by atoms with Crippen LogP contribution in [0.2, 0.25) is 0 Å². The molecule has 3 aromatic carbocycles. The summed E-state index contributed by atoms with van der Waals surface area (Å²) in [4.78, 5) is 13.8. The van der Waals surface area contributed by atoms with Crippen LogP contribution in [0.25, 0.3) is 10.8 Å². The summed E-state index contributed by atoms with van der Waals surface area (Å²) in [5, 5.41) is 5.47. The molecule has 25 heavy (non-hydrogen) atoms. The Morgan fingerprint density at radius 3 is 2.28 bits per heavy atom. The number of nitrogens with one attached hydrogen (secondary N) is 1. The van der Waals surface area contributed by atoms with Gasteiger partial charge in [-0.1, -0.05) is 38.1 Å². The van der Waals surface area contributed by atoms with E-state index in [9.17, 15) is 4.79 Å². The van der Waals surface area contributed by atoms with Gasteiger partial charge in [-0.05, 0) is 36.4 Å². The molecule has 0 unspecified atom stereocenters. The van der Waals surface area contributed by atoms with Gasteiger partial charge in [-0.15, -0.1) is 11.8 Å². The van der Waals surface area contributed by atoms with Crippen LogP contribution in [0.1, 0.15) is 24.2 Å². The molecule has 0 aromatic heterocycles. The lowest BCUT2D eigenvalue weighted by Gasteiger charge is -2.12. The molecule has 1 N–H and O–H groups in total. The molecule has 3 rings (SSSR count). The van der Waals surface area contributed by atoms with Crippen LogP contribution in [0.15, 0.2) is 65.6 Å². The zero-order chi connectivity index (χ0) is 17.8. The molecule has 0 saturated carbocycles. The summed E-state index contributed by atoms with van der Waals surface area (Å²) in [6.45, 7) is 4.31. The molecule has 128 valence electrons. The largest absolute Gasteiger partial charge is 0.496 e. The molecule has 0 atom stereocenters. The fourth-order valence-electron chi connectivity index (χ4n) is 2.71. The van der Waals surface area contributed by atoms with E-state index in [0.717, 1.165) is 22.2 Å². The molecule has 0 aliphatic heterocycles. The number of carbonyl (C=O) groups excluding carboxylic acids is 1. The molecular weight excluding hydrogens is 330 g/mol. The highest BCUT2D eigenvalue weighted by Crippen LogP contribution is 2.31. The number of thioether (sulfide) groups is 1. The highest BCUT2D eigenvalue weighted by atomic mass is 32.2. The number of rotatable bonds is 5. The van der Waals surface area contributed by atoms with E-state index in [1.165, 1.54) is 4.90 Å². The summed E-state index contributed by atoms with van der Waals surface area (Å²) in [5.41, 5.74) is 1.43. The summed E-state index contributed by atoms with van der Waals surface area (Å²) in [7, 11) is 1.65. The molecule has 0 aliphatic carbocycles. The third-order valence-corrected chi connectivity index (χ3v) is 4.86.